The van der Waals surface area contributed by atoms with E-state index in [-0.39, 0.29) is 25.2 Å². The van der Waals surface area contributed by atoms with Crippen molar-refractivity contribution in [1.82, 2.24) is 25.0 Å². The van der Waals surface area contributed by atoms with Crippen LogP contribution in [0.1, 0.15) is 32.6 Å². The highest BCUT2D eigenvalue weighted by atomic mass is 32.1. The second kappa shape index (κ2) is 8.58. The number of fused-ring (bicyclic) bond motifs is 1. The predicted molar refractivity (Wildman–Crippen MR) is 111 cm³/mol. The van der Waals surface area contributed by atoms with Crippen molar-refractivity contribution < 1.29 is 14.6 Å². The maximum Gasteiger partial charge on any atom is 0.261 e. The number of nitrogens with one attached hydrogen (secondary N) is 1. The Morgan fingerprint density at radius 3 is 3.10 bits per heavy atom. The molecule has 1 fully saturated rings. The Morgan fingerprint density at radius 1 is 1.48 bits per heavy atom. The maximum atomic E-state index is 12.7. The summed E-state index contributed by atoms with van der Waals surface area (Å²) in [6, 6.07) is 3.87. The van der Waals surface area contributed by atoms with Crippen LogP contribution in [0.4, 0.5) is 0 Å². The van der Waals surface area contributed by atoms with Gasteiger partial charge in [0.25, 0.3) is 5.91 Å². The molecule has 1 aliphatic heterocycles. The fraction of sp³-hybridized carbons (Fsp3) is 0.450. The number of aliphatic hydroxyl groups excluding tert-OH is 1. The van der Waals surface area contributed by atoms with Crippen molar-refractivity contribution in [2.45, 2.75) is 19.6 Å². The number of aromatic nitrogens is 3. The SMILES string of the molecule is Cc1nn(C)cc1CN1CCOC(c2c(C(=O)NCCO)sc3ncccc23)C1. The minimum absolute atomic E-state index is 0.0949. The summed E-state index contributed by atoms with van der Waals surface area (Å²) in [5.74, 6) is -0.194. The Kier molecular flexibility index (Phi) is 5.91. The van der Waals surface area contributed by atoms with Crippen LogP contribution in [0, 0.1) is 6.92 Å². The average Bonchev–Trinajstić information content (AvgIpc) is 3.25. The molecule has 0 bridgehead atoms. The van der Waals surface area contributed by atoms with Crippen molar-refractivity contribution >= 4 is 27.5 Å². The fourth-order valence-electron chi connectivity index (χ4n) is 3.75. The van der Waals surface area contributed by atoms with E-state index < -0.39 is 0 Å². The van der Waals surface area contributed by atoms with Crippen LogP contribution >= 0.6 is 11.3 Å². The van der Waals surface area contributed by atoms with Crippen molar-refractivity contribution in [1.29, 1.82) is 0 Å². The Morgan fingerprint density at radius 2 is 2.34 bits per heavy atom. The molecule has 8 nitrogen and oxygen atoms in total. The van der Waals surface area contributed by atoms with Crippen molar-refractivity contribution in [3.05, 3.63) is 46.2 Å². The van der Waals surface area contributed by atoms with Gasteiger partial charge in [0.1, 0.15) is 9.71 Å². The lowest BCUT2D eigenvalue weighted by molar-refractivity contribution is -0.0323. The van der Waals surface area contributed by atoms with Crippen LogP contribution in [0.25, 0.3) is 10.2 Å². The van der Waals surface area contributed by atoms with E-state index in [1.807, 2.05) is 30.8 Å². The zero-order valence-electron chi connectivity index (χ0n) is 16.6. The Balaban J connectivity index is 1.62. The number of ether oxygens (including phenoxy) is 1. The first-order chi connectivity index (χ1) is 14.1. The van der Waals surface area contributed by atoms with E-state index in [2.05, 4.69) is 26.5 Å². The van der Waals surface area contributed by atoms with E-state index in [9.17, 15) is 4.79 Å². The number of thiophene rings is 1. The molecule has 1 saturated heterocycles. The average molecular weight is 416 g/mol. The number of hydrogen-bond acceptors (Lipinski definition) is 7. The summed E-state index contributed by atoms with van der Waals surface area (Å²) in [6.45, 7) is 5.06. The highest BCUT2D eigenvalue weighted by Gasteiger charge is 2.30. The van der Waals surface area contributed by atoms with Crippen LogP contribution in [0.15, 0.2) is 24.5 Å². The zero-order valence-corrected chi connectivity index (χ0v) is 17.4. The molecule has 0 aliphatic carbocycles. The second-order valence-corrected chi connectivity index (χ2v) is 8.19. The Labute approximate surface area is 173 Å². The predicted octanol–water partition coefficient (Wildman–Crippen LogP) is 1.63. The molecule has 9 heteroatoms. The highest BCUT2D eigenvalue weighted by molar-refractivity contribution is 7.20. The number of aryl methyl sites for hydroxylation is 2. The summed E-state index contributed by atoms with van der Waals surface area (Å²) in [5.41, 5.74) is 3.12. The lowest BCUT2D eigenvalue weighted by Gasteiger charge is -2.33. The summed E-state index contributed by atoms with van der Waals surface area (Å²) in [5, 5.41) is 17.2. The van der Waals surface area contributed by atoms with Gasteiger partial charge >= 0.3 is 0 Å². The van der Waals surface area contributed by atoms with Gasteiger partial charge in [-0.25, -0.2) is 4.98 Å². The number of nitrogens with zero attached hydrogens (tertiary/aromatic N) is 4. The van der Waals surface area contributed by atoms with E-state index >= 15 is 0 Å². The van der Waals surface area contributed by atoms with Gasteiger partial charge in [0.2, 0.25) is 0 Å². The second-order valence-electron chi connectivity index (χ2n) is 7.19. The van der Waals surface area contributed by atoms with Crippen molar-refractivity contribution in [2.75, 3.05) is 32.8 Å². The molecule has 0 spiro atoms. The van der Waals surface area contributed by atoms with Crippen LogP contribution in [-0.4, -0.2) is 63.5 Å². The number of morpholine rings is 1. The normalized spacial score (nSPS) is 17.7. The molecule has 0 aromatic carbocycles. The van der Waals surface area contributed by atoms with Crippen LogP contribution in [0.2, 0.25) is 0 Å². The van der Waals surface area contributed by atoms with Gasteiger partial charge in [0, 0.05) is 62.1 Å². The van der Waals surface area contributed by atoms with Gasteiger partial charge in [-0.05, 0) is 13.0 Å². The standard InChI is InChI=1S/C20H25N5O3S/c1-13-14(10-24(2)23-13)11-25-7-9-28-16(12-25)17-15-4-3-5-22-20(15)29-18(17)19(27)21-6-8-26/h3-5,10,16,26H,6-9,11-12H2,1-2H3,(H,21,27). The summed E-state index contributed by atoms with van der Waals surface area (Å²) in [7, 11) is 1.93. The first-order valence-electron chi connectivity index (χ1n) is 9.66. The van der Waals surface area contributed by atoms with E-state index in [0.717, 1.165) is 34.6 Å². The fourth-order valence-corrected chi connectivity index (χ4v) is 4.87. The topological polar surface area (TPSA) is 92.5 Å². The monoisotopic (exact) mass is 415 g/mol. The molecule has 3 aromatic heterocycles. The molecule has 3 aromatic rings. The summed E-state index contributed by atoms with van der Waals surface area (Å²) < 4.78 is 7.95. The zero-order chi connectivity index (χ0) is 20.4. The Bertz CT molecular complexity index is 1010. The number of pyridine rings is 1. The molecule has 1 amide bonds. The molecule has 4 heterocycles. The summed E-state index contributed by atoms with van der Waals surface area (Å²) >= 11 is 1.37. The third-order valence-electron chi connectivity index (χ3n) is 5.09. The number of rotatable bonds is 6. The summed E-state index contributed by atoms with van der Waals surface area (Å²) in [6.07, 6.45) is 3.57. The third kappa shape index (κ3) is 4.18. The quantitative estimate of drug-likeness (QED) is 0.636. The van der Waals surface area contributed by atoms with Crippen LogP contribution in [0.5, 0.6) is 0 Å². The third-order valence-corrected chi connectivity index (χ3v) is 6.22. The molecule has 4 rings (SSSR count). The first-order valence-corrected chi connectivity index (χ1v) is 10.5. The van der Waals surface area contributed by atoms with E-state index in [1.165, 1.54) is 16.9 Å². The molecule has 0 radical (unpaired) electrons. The van der Waals surface area contributed by atoms with E-state index in [4.69, 9.17) is 9.84 Å². The number of amides is 1. The van der Waals surface area contributed by atoms with Gasteiger partial charge in [-0.1, -0.05) is 6.07 Å². The molecular weight excluding hydrogens is 390 g/mol. The molecule has 1 atom stereocenters. The summed E-state index contributed by atoms with van der Waals surface area (Å²) in [4.78, 5) is 20.9. The molecule has 29 heavy (non-hydrogen) atoms. The van der Waals surface area contributed by atoms with Gasteiger partial charge in [0.15, 0.2) is 0 Å². The van der Waals surface area contributed by atoms with Gasteiger partial charge in [-0.3, -0.25) is 14.4 Å². The molecule has 1 unspecified atom stereocenters. The number of aliphatic hydroxyl groups is 1. The number of carbonyl (C=O) groups excluding carboxylic acids is 1. The number of carbonyl (C=O) groups is 1. The van der Waals surface area contributed by atoms with E-state index in [0.29, 0.717) is 18.0 Å². The minimum Gasteiger partial charge on any atom is -0.395 e. The molecule has 1 aliphatic rings. The molecule has 154 valence electrons. The van der Waals surface area contributed by atoms with Gasteiger partial charge in [-0.15, -0.1) is 11.3 Å². The molecule has 2 N–H and O–H groups in total. The highest BCUT2D eigenvalue weighted by Crippen LogP contribution is 2.37. The van der Waals surface area contributed by atoms with Crippen LogP contribution < -0.4 is 5.32 Å². The van der Waals surface area contributed by atoms with Crippen LogP contribution in [0.3, 0.4) is 0 Å². The minimum atomic E-state index is -0.214. The smallest absolute Gasteiger partial charge is 0.261 e. The first kappa shape index (κ1) is 20.0. The van der Waals surface area contributed by atoms with Crippen LogP contribution in [-0.2, 0) is 18.3 Å². The van der Waals surface area contributed by atoms with Crippen molar-refractivity contribution in [3.8, 4) is 0 Å². The lowest BCUT2D eigenvalue weighted by atomic mass is 10.0. The van der Waals surface area contributed by atoms with E-state index in [1.54, 1.807) is 6.20 Å². The van der Waals surface area contributed by atoms with Crippen molar-refractivity contribution in [2.24, 2.45) is 7.05 Å². The largest absolute Gasteiger partial charge is 0.395 e. The van der Waals surface area contributed by atoms with Gasteiger partial charge < -0.3 is 15.2 Å². The lowest BCUT2D eigenvalue weighted by Crippen LogP contribution is -2.38. The molecule has 0 saturated carbocycles. The number of hydrogen-bond donors (Lipinski definition) is 2. The van der Waals surface area contributed by atoms with Gasteiger partial charge in [-0.2, -0.15) is 5.10 Å². The van der Waals surface area contributed by atoms with Gasteiger partial charge in [0.05, 0.1) is 25.0 Å². The molecular formula is C20H25N5O3S. The maximum absolute atomic E-state index is 12.7. The Hall–Kier alpha value is -2.33. The van der Waals surface area contributed by atoms with Crippen molar-refractivity contribution in [3.63, 3.8) is 0 Å².